The van der Waals surface area contributed by atoms with Crippen molar-refractivity contribution in [2.24, 2.45) is 10.2 Å². The van der Waals surface area contributed by atoms with E-state index in [1.807, 2.05) is 123 Å². The van der Waals surface area contributed by atoms with Crippen LogP contribution in [0.15, 0.2) is 127 Å². The quantitative estimate of drug-likeness (QED) is 0.111. The van der Waals surface area contributed by atoms with Crippen molar-refractivity contribution in [3.8, 4) is 0 Å². The molecule has 0 radical (unpaired) electrons. The standard InChI is InChI=1S/C38H32Br2N4O2/c1-25(23-41-43-37(45)21-29-15-17-35(39)33-9-5-3-7-31(29)33)19-27-11-13-28(14-12-27)20-26(2)24-42-44-38(46)22-30-16-18-36(40)34-10-6-4-8-32(30)34/h3-20,23-24H,21-22H2,1-2H3,(H,43,45)(H,44,46)/b25-19+,26-20+,41-23+,42-24+. The van der Waals surface area contributed by atoms with E-state index >= 15 is 0 Å². The van der Waals surface area contributed by atoms with Crippen molar-refractivity contribution in [2.75, 3.05) is 0 Å². The molecule has 0 spiro atoms. The van der Waals surface area contributed by atoms with Gasteiger partial charge in [-0.05, 0) is 80.9 Å². The molecule has 0 heterocycles. The van der Waals surface area contributed by atoms with Gasteiger partial charge in [-0.25, -0.2) is 10.9 Å². The van der Waals surface area contributed by atoms with Crippen LogP contribution in [0.25, 0.3) is 33.7 Å². The molecule has 5 aromatic carbocycles. The van der Waals surface area contributed by atoms with Gasteiger partial charge in [0.2, 0.25) is 11.8 Å². The number of allylic oxidation sites excluding steroid dienone is 2. The van der Waals surface area contributed by atoms with Gasteiger partial charge in [-0.1, -0.05) is 129 Å². The average molecular weight is 737 g/mol. The minimum atomic E-state index is -0.177. The van der Waals surface area contributed by atoms with Crippen LogP contribution in [0.4, 0.5) is 0 Å². The number of nitrogens with zero attached hydrogens (tertiary/aromatic N) is 2. The van der Waals surface area contributed by atoms with Crippen LogP contribution in [0.3, 0.4) is 0 Å². The topological polar surface area (TPSA) is 82.9 Å². The molecule has 0 bridgehead atoms. The van der Waals surface area contributed by atoms with Crippen molar-refractivity contribution in [2.45, 2.75) is 26.7 Å². The van der Waals surface area contributed by atoms with Gasteiger partial charge in [0.05, 0.1) is 25.3 Å². The minimum absolute atomic E-state index is 0.177. The van der Waals surface area contributed by atoms with Gasteiger partial charge in [-0.3, -0.25) is 9.59 Å². The van der Waals surface area contributed by atoms with Crippen molar-refractivity contribution >= 4 is 89.8 Å². The molecule has 0 atom stereocenters. The number of halogens is 2. The Bertz CT molecular complexity index is 1880. The zero-order valence-corrected chi connectivity index (χ0v) is 28.6. The van der Waals surface area contributed by atoms with Crippen molar-refractivity contribution in [1.29, 1.82) is 0 Å². The Labute approximate surface area is 285 Å². The first-order valence-electron chi connectivity index (χ1n) is 14.7. The van der Waals surface area contributed by atoms with E-state index in [-0.39, 0.29) is 24.7 Å². The van der Waals surface area contributed by atoms with Crippen LogP contribution in [0.1, 0.15) is 36.1 Å². The van der Waals surface area contributed by atoms with Crippen LogP contribution >= 0.6 is 31.9 Å². The van der Waals surface area contributed by atoms with Crippen molar-refractivity contribution in [3.63, 3.8) is 0 Å². The molecule has 0 saturated carbocycles. The Hall–Kier alpha value is -4.66. The second kappa shape index (κ2) is 15.6. The number of amides is 2. The predicted molar refractivity (Wildman–Crippen MR) is 198 cm³/mol. The number of hydrazone groups is 2. The summed E-state index contributed by atoms with van der Waals surface area (Å²) >= 11 is 7.15. The number of carbonyl (C=O) groups excluding carboxylic acids is 2. The number of hydrogen-bond acceptors (Lipinski definition) is 4. The number of hydrogen-bond donors (Lipinski definition) is 2. The van der Waals surface area contributed by atoms with Crippen LogP contribution in [0, 0.1) is 0 Å². The maximum Gasteiger partial charge on any atom is 0.244 e. The summed E-state index contributed by atoms with van der Waals surface area (Å²) in [5, 5.41) is 12.5. The lowest BCUT2D eigenvalue weighted by Crippen LogP contribution is -2.19. The number of fused-ring (bicyclic) bond motifs is 2. The van der Waals surface area contributed by atoms with Crippen molar-refractivity contribution in [3.05, 3.63) is 139 Å². The number of benzene rings is 5. The summed E-state index contributed by atoms with van der Waals surface area (Å²) in [5.41, 5.74) is 11.0. The molecule has 0 aliphatic heterocycles. The van der Waals surface area contributed by atoms with Gasteiger partial charge in [0.25, 0.3) is 0 Å². The predicted octanol–water partition coefficient (Wildman–Crippen LogP) is 9.01. The lowest BCUT2D eigenvalue weighted by atomic mass is 10.0. The fraction of sp³-hybridized carbons (Fsp3) is 0.105. The minimum Gasteiger partial charge on any atom is -0.273 e. The molecule has 0 saturated heterocycles. The van der Waals surface area contributed by atoms with E-state index < -0.39 is 0 Å². The lowest BCUT2D eigenvalue weighted by molar-refractivity contribution is -0.121. The third-order valence-corrected chi connectivity index (χ3v) is 8.65. The first-order chi connectivity index (χ1) is 22.3. The highest BCUT2D eigenvalue weighted by Crippen LogP contribution is 2.28. The van der Waals surface area contributed by atoms with E-state index in [0.717, 1.165) is 63.9 Å². The van der Waals surface area contributed by atoms with E-state index in [9.17, 15) is 9.59 Å². The molecule has 6 nitrogen and oxygen atoms in total. The number of nitrogens with one attached hydrogen (secondary N) is 2. The maximum absolute atomic E-state index is 12.5. The molecule has 0 fully saturated rings. The largest absolute Gasteiger partial charge is 0.273 e. The summed E-state index contributed by atoms with van der Waals surface area (Å²) in [6.45, 7) is 3.86. The van der Waals surface area contributed by atoms with Gasteiger partial charge in [0.15, 0.2) is 0 Å². The molecule has 0 unspecified atom stereocenters. The van der Waals surface area contributed by atoms with Crippen LogP contribution in [0.2, 0.25) is 0 Å². The fourth-order valence-electron chi connectivity index (χ4n) is 5.08. The SMILES string of the molecule is CC(/C=N/NC(=O)Cc1ccc(Br)c2ccccc12)=C\c1ccc(/C=C(C)/C=N/NC(=O)Cc2ccc(Br)c3ccccc23)cc1. The van der Waals surface area contributed by atoms with Crippen LogP contribution < -0.4 is 10.9 Å². The van der Waals surface area contributed by atoms with Crippen LogP contribution in [0.5, 0.6) is 0 Å². The molecule has 0 aliphatic rings. The van der Waals surface area contributed by atoms with E-state index in [2.05, 4.69) is 52.9 Å². The van der Waals surface area contributed by atoms with Crippen molar-refractivity contribution < 1.29 is 9.59 Å². The Morgan fingerprint density at radius 3 is 1.33 bits per heavy atom. The average Bonchev–Trinajstić information content (AvgIpc) is 3.05. The lowest BCUT2D eigenvalue weighted by Gasteiger charge is -2.07. The van der Waals surface area contributed by atoms with Gasteiger partial charge >= 0.3 is 0 Å². The fourth-order valence-corrected chi connectivity index (χ4v) is 6.04. The number of rotatable bonds is 10. The molecule has 5 rings (SSSR count). The summed E-state index contributed by atoms with van der Waals surface area (Å²) < 4.78 is 2.00. The third-order valence-electron chi connectivity index (χ3n) is 7.26. The van der Waals surface area contributed by atoms with Gasteiger partial charge in [-0.2, -0.15) is 10.2 Å². The van der Waals surface area contributed by atoms with Crippen molar-refractivity contribution in [1.82, 2.24) is 10.9 Å². The van der Waals surface area contributed by atoms with Crippen LogP contribution in [-0.2, 0) is 22.4 Å². The molecule has 2 N–H and O–H groups in total. The van der Waals surface area contributed by atoms with Gasteiger partial charge < -0.3 is 0 Å². The zero-order valence-electron chi connectivity index (χ0n) is 25.4. The molecular weight excluding hydrogens is 704 g/mol. The molecule has 8 heteroatoms. The Balaban J connectivity index is 1.11. The Morgan fingerprint density at radius 1 is 0.565 bits per heavy atom. The molecule has 230 valence electrons. The summed E-state index contributed by atoms with van der Waals surface area (Å²) in [7, 11) is 0. The van der Waals surface area contributed by atoms with Gasteiger partial charge in [0, 0.05) is 8.95 Å². The highest BCUT2D eigenvalue weighted by molar-refractivity contribution is 9.11. The molecule has 46 heavy (non-hydrogen) atoms. The molecule has 5 aromatic rings. The Kier molecular flexibility index (Phi) is 11.1. The highest BCUT2D eigenvalue weighted by Gasteiger charge is 2.09. The first-order valence-corrected chi connectivity index (χ1v) is 16.3. The molecule has 0 aromatic heterocycles. The highest BCUT2D eigenvalue weighted by atomic mass is 79.9. The zero-order chi connectivity index (χ0) is 32.5. The van der Waals surface area contributed by atoms with Gasteiger partial charge in [-0.15, -0.1) is 0 Å². The third kappa shape index (κ3) is 8.74. The summed E-state index contributed by atoms with van der Waals surface area (Å²) in [6, 6.07) is 31.9. The molecule has 0 aliphatic carbocycles. The van der Waals surface area contributed by atoms with E-state index in [1.165, 1.54) is 0 Å². The van der Waals surface area contributed by atoms with Crippen LogP contribution in [-0.4, -0.2) is 24.2 Å². The van der Waals surface area contributed by atoms with E-state index in [0.29, 0.717) is 0 Å². The summed E-state index contributed by atoms with van der Waals surface area (Å²) in [6.07, 6.45) is 7.73. The van der Waals surface area contributed by atoms with Gasteiger partial charge in [0.1, 0.15) is 0 Å². The summed E-state index contributed by atoms with van der Waals surface area (Å²) in [5.74, 6) is -0.353. The normalized spacial score (nSPS) is 12.3. The first kappa shape index (κ1) is 32.7. The van der Waals surface area contributed by atoms with E-state index in [4.69, 9.17) is 0 Å². The second-order valence-corrected chi connectivity index (χ2v) is 12.6. The molecular formula is C38H32Br2N4O2. The monoisotopic (exact) mass is 734 g/mol. The molecule has 2 amide bonds. The van der Waals surface area contributed by atoms with E-state index in [1.54, 1.807) is 12.4 Å². The maximum atomic E-state index is 12.5. The number of carbonyl (C=O) groups is 2. The summed E-state index contributed by atoms with van der Waals surface area (Å²) in [4.78, 5) is 25.1. The Morgan fingerprint density at radius 2 is 0.935 bits per heavy atom. The second-order valence-electron chi connectivity index (χ2n) is 10.9. The smallest absolute Gasteiger partial charge is 0.244 e.